The van der Waals surface area contributed by atoms with Gasteiger partial charge in [0, 0.05) is 24.5 Å². The molecule has 0 saturated heterocycles. The highest BCUT2D eigenvalue weighted by molar-refractivity contribution is 7.98. The third-order valence-corrected chi connectivity index (χ3v) is 13.2. The van der Waals surface area contributed by atoms with E-state index in [2.05, 4.69) is 89.1 Å². The van der Waals surface area contributed by atoms with Crippen molar-refractivity contribution >= 4 is 114 Å². The van der Waals surface area contributed by atoms with E-state index in [1.807, 2.05) is 6.26 Å². The zero-order valence-corrected chi connectivity index (χ0v) is 49.5. The smallest absolute Gasteiger partial charge is 0.326 e. The van der Waals surface area contributed by atoms with Crippen molar-refractivity contribution in [2.24, 2.45) is 23.1 Å². The number of thiol groups is 2. The van der Waals surface area contributed by atoms with Gasteiger partial charge in [0.15, 0.2) is 5.96 Å². The number of nitrogens with two attached hydrogens (primary N) is 3. The number of benzene rings is 1. The molecule has 0 aliphatic carbocycles. The standard InChI is InChI=1S/C50H84N16O13S3/c1-27(2)20-34(47(76)64-35(21-30-12-7-6-8-13-30)43(72)57-22-38(67)56-23-40(69)60-33(49(78)79)14-9-10-17-51)63-48(77)37(26-81)66-45(74)31(15-11-18-55-50(53)54)62-42(71)29(4)59-39(68)24-58-44(73)36(25-80)65-46(75)32(16-19-82-5)61-41(70)28(3)52/h6-8,12-13,27-29,31-37,80-81H,9-11,14-26,51-52H2,1-5H3,(H,56,67)(H,57,72)(H,58,73)(H,59,68)(H,60,69)(H,61,70)(H,62,71)(H,63,77)(H,64,76)(H,65,75)(H,66,74)(H,78,79)(H4,53,54,55)/t28-,29-,31-,32-,33-,34-,35-,36-,37-/m0/s1. The van der Waals surface area contributed by atoms with Crippen molar-refractivity contribution in [1.82, 2.24) is 63.8 Å². The van der Waals surface area contributed by atoms with Crippen LogP contribution in [-0.2, 0) is 64.0 Å². The predicted octanol–water partition coefficient (Wildman–Crippen LogP) is -5.04. The molecule has 0 bridgehead atoms. The van der Waals surface area contributed by atoms with E-state index in [-0.39, 0.29) is 68.5 Å². The minimum atomic E-state index is -1.41. The minimum Gasteiger partial charge on any atom is -0.480 e. The summed E-state index contributed by atoms with van der Waals surface area (Å²) < 4.78 is 0. The molecule has 0 saturated carbocycles. The van der Waals surface area contributed by atoms with Gasteiger partial charge in [0.2, 0.25) is 65.0 Å². The first-order valence-electron chi connectivity index (χ1n) is 26.5. The Morgan fingerprint density at radius 2 is 1.02 bits per heavy atom. The Kier molecular flexibility index (Phi) is 35.9. The van der Waals surface area contributed by atoms with Gasteiger partial charge in [0.25, 0.3) is 0 Å². The van der Waals surface area contributed by atoms with Gasteiger partial charge >= 0.3 is 5.97 Å². The molecule has 32 heteroatoms. The van der Waals surface area contributed by atoms with Crippen LogP contribution in [0.1, 0.15) is 78.2 Å². The van der Waals surface area contributed by atoms with Crippen LogP contribution in [0, 0.1) is 11.3 Å². The zero-order chi connectivity index (χ0) is 61.9. The number of carbonyl (C=O) groups excluding carboxylic acids is 11. The topological polar surface area (TPSA) is 471 Å². The Labute approximate surface area is 492 Å². The maximum absolute atomic E-state index is 14.1. The van der Waals surface area contributed by atoms with Crippen LogP contribution in [0.3, 0.4) is 0 Å². The van der Waals surface area contributed by atoms with E-state index in [1.54, 1.807) is 44.2 Å². The zero-order valence-electron chi connectivity index (χ0n) is 46.9. The molecule has 1 aromatic rings. The van der Waals surface area contributed by atoms with Crippen LogP contribution < -0.4 is 81.0 Å². The molecule has 0 unspecified atom stereocenters. The molecule has 0 radical (unpaired) electrons. The average Bonchev–Trinajstić information content (AvgIpc) is 3.49. The summed E-state index contributed by atoms with van der Waals surface area (Å²) in [5, 5.41) is 46.7. The fourth-order valence-corrected chi connectivity index (χ4v) is 8.30. The van der Waals surface area contributed by atoms with E-state index >= 15 is 0 Å². The average molecular weight is 1210 g/mol. The van der Waals surface area contributed by atoms with Crippen LogP contribution in [0.5, 0.6) is 0 Å². The minimum absolute atomic E-state index is 0.0427. The molecule has 1 rings (SSSR count). The van der Waals surface area contributed by atoms with Crippen LogP contribution >= 0.6 is 37.0 Å². The van der Waals surface area contributed by atoms with Gasteiger partial charge in [-0.15, -0.1) is 0 Å². The number of nitrogens with one attached hydrogen (secondary N) is 13. The van der Waals surface area contributed by atoms with E-state index in [0.717, 1.165) is 0 Å². The van der Waals surface area contributed by atoms with E-state index < -0.39 is 145 Å². The second kappa shape index (κ2) is 40.3. The molecule has 0 aliphatic heterocycles. The molecule has 29 nitrogen and oxygen atoms in total. The van der Waals surface area contributed by atoms with Gasteiger partial charge < -0.3 is 86.1 Å². The lowest BCUT2D eigenvalue weighted by Crippen LogP contribution is -2.60. The van der Waals surface area contributed by atoms with Crippen molar-refractivity contribution in [2.75, 3.05) is 56.2 Å². The number of guanidine groups is 1. The molecule has 0 heterocycles. The first kappa shape index (κ1) is 73.1. The van der Waals surface area contributed by atoms with Crippen LogP contribution in [-0.4, -0.2) is 193 Å². The van der Waals surface area contributed by atoms with Crippen LogP contribution in [0.25, 0.3) is 0 Å². The molecular weight excluding hydrogens is 1130 g/mol. The lowest BCUT2D eigenvalue weighted by atomic mass is 10.0. The summed E-state index contributed by atoms with van der Waals surface area (Å²) in [6, 6.07) is -2.46. The number of rotatable bonds is 40. The summed E-state index contributed by atoms with van der Waals surface area (Å²) in [6.07, 6.45) is 3.23. The van der Waals surface area contributed by atoms with E-state index in [0.29, 0.717) is 30.7 Å². The van der Waals surface area contributed by atoms with Crippen molar-refractivity contribution in [3.8, 4) is 0 Å². The molecule has 460 valence electrons. The van der Waals surface area contributed by atoms with E-state index in [1.165, 1.54) is 25.6 Å². The molecule has 9 atom stereocenters. The summed E-state index contributed by atoms with van der Waals surface area (Å²) >= 11 is 9.85. The van der Waals surface area contributed by atoms with Crippen molar-refractivity contribution in [2.45, 2.75) is 133 Å². The van der Waals surface area contributed by atoms with Crippen molar-refractivity contribution in [1.29, 1.82) is 5.41 Å². The van der Waals surface area contributed by atoms with Gasteiger partial charge in [-0.05, 0) is 88.8 Å². The van der Waals surface area contributed by atoms with E-state index in [4.69, 9.17) is 22.6 Å². The SMILES string of the molecule is CSCC[C@H](NC(=O)[C@H](C)N)C(=O)N[C@@H](CS)C(=O)NCC(=O)N[C@@H](C)C(=O)N[C@@H](CCCNC(=N)N)C(=O)N[C@@H](CS)C(=O)N[C@@H](CC(C)C)C(=O)N[C@@H](Cc1ccccc1)C(=O)NCC(=O)NCC(=O)N[C@@H](CCCCN)C(=O)O. The summed E-state index contributed by atoms with van der Waals surface area (Å²) in [5.41, 5.74) is 17.1. The van der Waals surface area contributed by atoms with Crippen LogP contribution in [0.2, 0.25) is 0 Å². The number of carbonyl (C=O) groups is 12. The second-order valence-electron chi connectivity index (χ2n) is 19.3. The normalized spacial score (nSPS) is 14.2. The lowest BCUT2D eigenvalue weighted by molar-refractivity contribution is -0.142. The number of amides is 11. The molecule has 0 aromatic heterocycles. The van der Waals surface area contributed by atoms with Crippen molar-refractivity contribution in [3.05, 3.63) is 35.9 Å². The number of hydrogen-bond acceptors (Lipinski definition) is 18. The molecule has 0 fully saturated rings. The molecule has 82 heavy (non-hydrogen) atoms. The van der Waals surface area contributed by atoms with Gasteiger partial charge in [-0.3, -0.25) is 58.1 Å². The molecule has 0 aliphatic rings. The van der Waals surface area contributed by atoms with Crippen molar-refractivity contribution in [3.63, 3.8) is 0 Å². The molecule has 11 amide bonds. The Morgan fingerprint density at radius 1 is 0.549 bits per heavy atom. The number of unbranched alkanes of at least 4 members (excludes halogenated alkanes) is 1. The predicted molar refractivity (Wildman–Crippen MR) is 314 cm³/mol. The molecular formula is C50H84N16O13S3. The Balaban J connectivity index is 3.15. The van der Waals surface area contributed by atoms with Crippen LogP contribution in [0.15, 0.2) is 30.3 Å². The van der Waals surface area contributed by atoms with Gasteiger partial charge in [-0.1, -0.05) is 44.2 Å². The van der Waals surface area contributed by atoms with Gasteiger partial charge in [-0.2, -0.15) is 37.0 Å². The fourth-order valence-electron chi connectivity index (χ4n) is 7.32. The maximum atomic E-state index is 14.1. The van der Waals surface area contributed by atoms with Gasteiger partial charge in [-0.25, -0.2) is 4.79 Å². The highest BCUT2D eigenvalue weighted by Gasteiger charge is 2.33. The maximum Gasteiger partial charge on any atom is 0.326 e. The Hall–Kier alpha value is -6.90. The summed E-state index contributed by atoms with van der Waals surface area (Å²) in [5.74, 6) is -10.5. The first-order chi connectivity index (χ1) is 38.8. The fraction of sp³-hybridized carbons (Fsp3) is 0.620. The summed E-state index contributed by atoms with van der Waals surface area (Å²) in [4.78, 5) is 157. The monoisotopic (exact) mass is 1210 g/mol. The second-order valence-corrected chi connectivity index (χ2v) is 21.1. The third kappa shape index (κ3) is 30.2. The summed E-state index contributed by atoms with van der Waals surface area (Å²) in [7, 11) is 0. The molecule has 1 aromatic carbocycles. The number of carboxylic acid groups (broad SMARTS) is 1. The Bertz CT molecular complexity index is 2310. The van der Waals surface area contributed by atoms with Crippen molar-refractivity contribution < 1.29 is 62.6 Å². The van der Waals surface area contributed by atoms with Crippen LogP contribution in [0.4, 0.5) is 0 Å². The summed E-state index contributed by atoms with van der Waals surface area (Å²) in [6.45, 7) is 4.86. The third-order valence-electron chi connectivity index (χ3n) is 11.8. The highest BCUT2D eigenvalue weighted by Crippen LogP contribution is 2.10. The van der Waals surface area contributed by atoms with E-state index in [9.17, 15) is 62.6 Å². The van der Waals surface area contributed by atoms with Gasteiger partial charge in [0.1, 0.15) is 48.3 Å². The quantitative estimate of drug-likeness (QED) is 0.0127. The lowest BCUT2D eigenvalue weighted by Gasteiger charge is -2.27. The Morgan fingerprint density at radius 3 is 1.57 bits per heavy atom. The molecule has 0 spiro atoms. The van der Waals surface area contributed by atoms with Gasteiger partial charge in [0.05, 0.1) is 25.7 Å². The number of thioether (sulfide) groups is 1. The first-order valence-corrected chi connectivity index (χ1v) is 29.2. The molecule has 20 N–H and O–H groups in total. The highest BCUT2D eigenvalue weighted by atomic mass is 32.2. The number of aliphatic carboxylic acids is 1. The largest absolute Gasteiger partial charge is 0.480 e. The number of hydrogen-bond donors (Lipinski definition) is 19. The number of carboxylic acids is 1.